The van der Waals surface area contributed by atoms with Crippen molar-refractivity contribution >= 4 is 59.1 Å². The number of aliphatic hydroxyl groups is 2. The molecule has 0 aromatic rings. The van der Waals surface area contributed by atoms with Crippen molar-refractivity contribution < 1.29 is 58.2 Å². The van der Waals surface area contributed by atoms with Crippen LogP contribution in [0.15, 0.2) is 0 Å². The summed E-state index contributed by atoms with van der Waals surface area (Å²) in [5, 5.41) is 42.3. The highest BCUT2D eigenvalue weighted by Gasteiger charge is 2.43. The number of aliphatic hydroxyl groups excluding tert-OH is 2. The van der Waals surface area contributed by atoms with Crippen LogP contribution in [-0.2, 0) is 47.9 Å². The standard InChI is InChI=1S/C48H84N12O12/c1-25(2)21-31-41(65)55-33(23-61)47(71)59-19-11-15-35(59)43(67)58-38(28(7)8)46(70)52-30(14-10-18-50)40(64)54-32(22-26(3)4)42(66)56-34(24-62)48(72)60-20-12-16-36(60)44(68)57-37(27(5)6)45(69)51-29(13-9-17-49)39(63)53-31/h25-38,61-62H,9-24,49-50H2,1-8H3,(H,51,69)(H,52,70)(H,53,63)(H,54,64)(H,55,65)(H,56,66)(H,57,68)(H,58,67)/t29-,30-,31+,32+,33+,34+,35+,36+,37+,38+/m1/s1. The summed E-state index contributed by atoms with van der Waals surface area (Å²) in [4.78, 5) is 143. The van der Waals surface area contributed by atoms with E-state index in [2.05, 4.69) is 42.5 Å². The normalized spacial score (nSPS) is 28.7. The highest BCUT2D eigenvalue weighted by Crippen LogP contribution is 2.22. The van der Waals surface area contributed by atoms with Gasteiger partial charge in [0.25, 0.3) is 0 Å². The molecule has 3 aliphatic rings. The van der Waals surface area contributed by atoms with E-state index >= 15 is 0 Å². The Balaban J connectivity index is 2.12. The molecular weight excluding hydrogens is 937 g/mol. The van der Waals surface area contributed by atoms with Gasteiger partial charge in [-0.25, -0.2) is 0 Å². The smallest absolute Gasteiger partial charge is 0.248 e. The van der Waals surface area contributed by atoms with Crippen molar-refractivity contribution in [2.45, 2.75) is 180 Å². The summed E-state index contributed by atoms with van der Waals surface area (Å²) in [7, 11) is 0. The molecule has 72 heavy (non-hydrogen) atoms. The molecule has 0 aromatic heterocycles. The Bertz CT molecular complexity index is 1770. The van der Waals surface area contributed by atoms with Crippen molar-refractivity contribution in [2.75, 3.05) is 39.4 Å². The number of fused-ring (bicyclic) bond motifs is 2. The van der Waals surface area contributed by atoms with Crippen LogP contribution in [0.1, 0.15) is 120 Å². The van der Waals surface area contributed by atoms with Crippen LogP contribution in [0.2, 0.25) is 0 Å². The number of hydrogen-bond donors (Lipinski definition) is 12. The van der Waals surface area contributed by atoms with Crippen molar-refractivity contribution in [3.63, 3.8) is 0 Å². The van der Waals surface area contributed by atoms with E-state index < -0.39 is 145 Å². The molecule has 10 amide bonds. The molecule has 3 heterocycles. The maximum absolute atomic E-state index is 14.1. The molecule has 0 radical (unpaired) electrons. The topological polar surface area (TPSA) is 366 Å². The van der Waals surface area contributed by atoms with Crippen LogP contribution in [0, 0.1) is 23.7 Å². The average molecular weight is 1020 g/mol. The van der Waals surface area contributed by atoms with E-state index in [0.29, 0.717) is 12.8 Å². The Hall–Kier alpha value is -5.46. The van der Waals surface area contributed by atoms with Crippen LogP contribution < -0.4 is 54.0 Å². The summed E-state index contributed by atoms with van der Waals surface area (Å²) < 4.78 is 0. The van der Waals surface area contributed by atoms with E-state index in [1.807, 2.05) is 0 Å². The van der Waals surface area contributed by atoms with E-state index in [4.69, 9.17) is 11.5 Å². The number of carbonyl (C=O) groups excluding carboxylic acids is 10. The van der Waals surface area contributed by atoms with Gasteiger partial charge in [-0.1, -0.05) is 55.4 Å². The number of carbonyl (C=O) groups is 10. The number of rotatable bonds is 14. The van der Waals surface area contributed by atoms with E-state index in [1.165, 1.54) is 9.80 Å². The number of amides is 10. The molecule has 24 nitrogen and oxygen atoms in total. The second-order valence-electron chi connectivity index (χ2n) is 20.7. The van der Waals surface area contributed by atoms with Crippen molar-refractivity contribution in [2.24, 2.45) is 35.1 Å². The maximum atomic E-state index is 14.1. The lowest BCUT2D eigenvalue weighted by Gasteiger charge is -2.32. The zero-order chi connectivity index (χ0) is 54.0. The van der Waals surface area contributed by atoms with Gasteiger partial charge in [0.15, 0.2) is 0 Å². The summed E-state index contributed by atoms with van der Waals surface area (Å²) in [6.07, 6.45) is 1.87. The predicted octanol–water partition coefficient (Wildman–Crippen LogP) is -3.27. The summed E-state index contributed by atoms with van der Waals surface area (Å²) in [5.74, 6) is -9.06. The molecule has 0 saturated carbocycles. The molecule has 0 unspecified atom stereocenters. The molecule has 3 aliphatic heterocycles. The maximum Gasteiger partial charge on any atom is 0.248 e. The molecule has 3 rings (SSSR count). The van der Waals surface area contributed by atoms with Crippen molar-refractivity contribution in [3.05, 3.63) is 0 Å². The van der Waals surface area contributed by atoms with E-state index in [-0.39, 0.29) is 89.4 Å². The molecule has 0 aliphatic carbocycles. The average Bonchev–Trinajstić information content (AvgIpc) is 4.03. The molecule has 0 aromatic carbocycles. The lowest BCUT2D eigenvalue weighted by atomic mass is 9.99. The fourth-order valence-corrected chi connectivity index (χ4v) is 9.15. The van der Waals surface area contributed by atoms with Gasteiger partial charge in [0.1, 0.15) is 60.4 Å². The lowest BCUT2D eigenvalue weighted by molar-refractivity contribution is -0.144. The minimum Gasteiger partial charge on any atom is -0.394 e. The van der Waals surface area contributed by atoms with Gasteiger partial charge >= 0.3 is 0 Å². The van der Waals surface area contributed by atoms with Gasteiger partial charge < -0.3 is 74.0 Å². The van der Waals surface area contributed by atoms with Crippen molar-refractivity contribution in [3.8, 4) is 0 Å². The quantitative estimate of drug-likeness (QED) is 0.0813. The fourth-order valence-electron chi connectivity index (χ4n) is 9.15. The first-order chi connectivity index (χ1) is 34.0. The van der Waals surface area contributed by atoms with Crippen LogP contribution >= 0.6 is 0 Å². The Morgan fingerprint density at radius 2 is 0.750 bits per heavy atom. The van der Waals surface area contributed by atoms with Gasteiger partial charge in [0.2, 0.25) is 59.1 Å². The molecular formula is C48H84N12O12. The SMILES string of the molecule is CC(C)C[C@@H]1NC(=O)[C@@H](CCCN)NC(=O)[C@H](C(C)C)NC(=O)[C@@H]2CCCN2C(=O)[C@H](CO)NC(=O)[C@H](CC(C)C)NC(=O)[C@@H](CCCN)NC(=O)[C@H](C(C)C)NC(=O)[C@@H]2CCCN2C(=O)[C@H](CO)NC1=O. The summed E-state index contributed by atoms with van der Waals surface area (Å²) in [5.41, 5.74) is 11.6. The third-order valence-electron chi connectivity index (χ3n) is 13.1. The van der Waals surface area contributed by atoms with Gasteiger partial charge in [-0.05, 0) is 101 Å². The zero-order valence-electron chi connectivity index (χ0n) is 43.4. The van der Waals surface area contributed by atoms with Gasteiger partial charge in [0, 0.05) is 13.1 Å². The van der Waals surface area contributed by atoms with Crippen LogP contribution in [0.5, 0.6) is 0 Å². The molecule has 0 bridgehead atoms. The molecule has 0 spiro atoms. The first-order valence-electron chi connectivity index (χ1n) is 25.7. The van der Waals surface area contributed by atoms with Gasteiger partial charge in [-0.3, -0.25) is 47.9 Å². The highest BCUT2D eigenvalue weighted by atomic mass is 16.3. The van der Waals surface area contributed by atoms with Crippen LogP contribution in [-0.4, -0.2) is 179 Å². The minimum absolute atomic E-state index is 0.0358. The largest absolute Gasteiger partial charge is 0.394 e. The molecule has 3 saturated heterocycles. The van der Waals surface area contributed by atoms with Crippen molar-refractivity contribution in [1.82, 2.24) is 52.3 Å². The fraction of sp³-hybridized carbons (Fsp3) is 0.792. The molecule has 10 atom stereocenters. The second kappa shape index (κ2) is 29.3. The summed E-state index contributed by atoms with van der Waals surface area (Å²) >= 11 is 0. The summed E-state index contributed by atoms with van der Waals surface area (Å²) in [6.45, 7) is 12.6. The van der Waals surface area contributed by atoms with Crippen LogP contribution in [0.25, 0.3) is 0 Å². The van der Waals surface area contributed by atoms with E-state index in [9.17, 15) is 58.2 Å². The van der Waals surface area contributed by atoms with Gasteiger partial charge in [0.05, 0.1) is 13.2 Å². The third kappa shape index (κ3) is 17.4. The zero-order valence-corrected chi connectivity index (χ0v) is 43.4. The third-order valence-corrected chi connectivity index (χ3v) is 13.1. The molecule has 14 N–H and O–H groups in total. The minimum atomic E-state index is -1.55. The van der Waals surface area contributed by atoms with Crippen LogP contribution in [0.3, 0.4) is 0 Å². The predicted molar refractivity (Wildman–Crippen MR) is 264 cm³/mol. The van der Waals surface area contributed by atoms with E-state index in [0.717, 1.165) is 0 Å². The summed E-state index contributed by atoms with van der Waals surface area (Å²) in [6, 6.07) is -12.8. The molecule has 408 valence electrons. The van der Waals surface area contributed by atoms with Crippen LogP contribution in [0.4, 0.5) is 0 Å². The first kappa shape index (κ1) is 60.8. The second-order valence-corrected chi connectivity index (χ2v) is 20.7. The number of nitrogens with one attached hydrogen (secondary N) is 8. The van der Waals surface area contributed by atoms with Crippen molar-refractivity contribution in [1.29, 1.82) is 0 Å². The number of nitrogens with two attached hydrogens (primary N) is 2. The monoisotopic (exact) mass is 1020 g/mol. The number of hydrogen-bond acceptors (Lipinski definition) is 14. The molecule has 24 heteroatoms. The lowest BCUT2D eigenvalue weighted by Crippen LogP contribution is -2.62. The Labute approximate surface area is 423 Å². The van der Waals surface area contributed by atoms with Gasteiger partial charge in [-0.2, -0.15) is 0 Å². The van der Waals surface area contributed by atoms with Gasteiger partial charge in [-0.15, -0.1) is 0 Å². The Morgan fingerprint density at radius 3 is 1.04 bits per heavy atom. The van der Waals surface area contributed by atoms with E-state index in [1.54, 1.807) is 55.4 Å². The first-order valence-corrected chi connectivity index (χ1v) is 25.7. The Morgan fingerprint density at radius 1 is 0.444 bits per heavy atom. The highest BCUT2D eigenvalue weighted by molar-refractivity contribution is 6.00. The Kier molecular flexibility index (Phi) is 24.8. The number of nitrogens with zero attached hydrogens (tertiary/aromatic N) is 2. The molecule has 3 fully saturated rings.